The van der Waals surface area contributed by atoms with E-state index in [0.717, 1.165) is 11.5 Å². The third-order valence-corrected chi connectivity index (χ3v) is 7.86. The van der Waals surface area contributed by atoms with Crippen molar-refractivity contribution in [3.05, 3.63) is 27.1 Å². The summed E-state index contributed by atoms with van der Waals surface area (Å²) in [6, 6.07) is 0. The molecule has 7 N–H and O–H groups in total. The molecule has 2 heterocycles. The van der Waals surface area contributed by atoms with Gasteiger partial charge in [0.05, 0.1) is 12.8 Å². The maximum Gasteiger partial charge on any atom is 0.490 e. The SMILES string of the molecule is CC1(O)C(O)[C@@H](COP(=O)(O)OP(=O)(O)OP(=O)(O)O)O[C@H]1n1cc(F)c(=O)[nH]c1=S. The Labute approximate surface area is 176 Å². The number of aliphatic hydroxyl groups is 2. The minimum absolute atomic E-state index is 0.405. The molecule has 16 nitrogen and oxygen atoms in total. The normalized spacial score (nSPS) is 30.6. The fourth-order valence-electron chi connectivity index (χ4n) is 2.48. The van der Waals surface area contributed by atoms with Gasteiger partial charge in [-0.05, 0) is 19.1 Å². The molecular formula is C10H16FN2O14P3S. The highest BCUT2D eigenvalue weighted by atomic mass is 32.1. The van der Waals surface area contributed by atoms with Crippen LogP contribution in [0.3, 0.4) is 0 Å². The van der Waals surface area contributed by atoms with Crippen LogP contribution >= 0.6 is 35.7 Å². The van der Waals surface area contributed by atoms with Crippen molar-refractivity contribution in [3.63, 3.8) is 0 Å². The molecule has 1 saturated heterocycles. The summed E-state index contributed by atoms with van der Waals surface area (Å²) in [5.74, 6) is -1.31. The summed E-state index contributed by atoms with van der Waals surface area (Å²) in [6.45, 7) is -0.0609. The van der Waals surface area contributed by atoms with E-state index in [1.54, 1.807) is 0 Å². The third kappa shape index (κ3) is 6.66. The molecule has 1 aromatic rings. The van der Waals surface area contributed by atoms with Crippen LogP contribution in [-0.4, -0.2) is 63.8 Å². The zero-order chi connectivity index (χ0) is 24.0. The van der Waals surface area contributed by atoms with Crippen molar-refractivity contribution in [1.29, 1.82) is 0 Å². The molecule has 1 aromatic heterocycles. The second-order valence-corrected chi connectivity index (χ2v) is 11.0. The summed E-state index contributed by atoms with van der Waals surface area (Å²) in [6.07, 6.45) is -4.56. The zero-order valence-corrected chi connectivity index (χ0v) is 18.5. The minimum atomic E-state index is -5.76. The Morgan fingerprint density at radius 1 is 1.26 bits per heavy atom. The van der Waals surface area contributed by atoms with E-state index in [9.17, 15) is 38.0 Å². The molecule has 0 aliphatic carbocycles. The lowest BCUT2D eigenvalue weighted by atomic mass is 9.96. The number of aliphatic hydroxyl groups excluding tert-OH is 1. The van der Waals surface area contributed by atoms with Gasteiger partial charge < -0.3 is 34.5 Å². The molecule has 21 heteroatoms. The van der Waals surface area contributed by atoms with Gasteiger partial charge >= 0.3 is 23.5 Å². The van der Waals surface area contributed by atoms with Gasteiger partial charge in [0.25, 0.3) is 5.56 Å². The van der Waals surface area contributed by atoms with E-state index in [-0.39, 0.29) is 0 Å². The number of halogens is 1. The summed E-state index contributed by atoms with van der Waals surface area (Å²) in [5.41, 5.74) is -3.38. The number of rotatable bonds is 8. The van der Waals surface area contributed by atoms with Gasteiger partial charge in [-0.25, -0.2) is 13.7 Å². The molecule has 0 spiro atoms. The average Bonchev–Trinajstić information content (AvgIpc) is 2.76. The van der Waals surface area contributed by atoms with Crippen molar-refractivity contribution >= 4 is 35.7 Å². The van der Waals surface area contributed by atoms with Crippen molar-refractivity contribution in [2.45, 2.75) is 31.0 Å². The van der Waals surface area contributed by atoms with Gasteiger partial charge in [-0.2, -0.15) is 13.0 Å². The molecular weight excluding hydrogens is 516 g/mol. The number of phosphoric acid groups is 3. The maximum atomic E-state index is 13.6. The summed E-state index contributed by atoms with van der Waals surface area (Å²) in [4.78, 5) is 48.7. The van der Waals surface area contributed by atoms with Crippen molar-refractivity contribution in [2.75, 3.05) is 6.61 Å². The first kappa shape index (κ1) is 26.6. The van der Waals surface area contributed by atoms with Gasteiger partial charge in [0.15, 0.2) is 11.0 Å². The van der Waals surface area contributed by atoms with Gasteiger partial charge in [-0.3, -0.25) is 18.9 Å². The van der Waals surface area contributed by atoms with Crippen molar-refractivity contribution < 1.29 is 65.8 Å². The zero-order valence-electron chi connectivity index (χ0n) is 15.0. The molecule has 1 fully saturated rings. The van der Waals surface area contributed by atoms with Gasteiger partial charge in [-0.15, -0.1) is 0 Å². The molecule has 1 aliphatic rings. The van der Waals surface area contributed by atoms with Gasteiger partial charge in [-0.1, -0.05) is 0 Å². The predicted molar refractivity (Wildman–Crippen MR) is 96.2 cm³/mol. The van der Waals surface area contributed by atoms with Crippen LogP contribution in [0.2, 0.25) is 0 Å². The molecule has 0 radical (unpaired) electrons. The standard InChI is InChI=1S/C10H16FN2O14P3S/c1-10(16)6(14)5(25-8(10)13-2-4(11)7(15)12-9(13)31)3-24-29(20,21)27-30(22,23)26-28(17,18)19/h2,5-6,8,14,16H,3H2,1H3,(H,20,21)(H,22,23)(H,12,15,31)(H2,17,18,19)/t5-,6?,8-,10?/m1/s1. The average molecular weight is 532 g/mol. The first-order valence-electron chi connectivity index (χ1n) is 7.70. The molecule has 2 rings (SSSR count). The highest BCUT2D eigenvalue weighted by Gasteiger charge is 2.54. The number of aromatic amines is 1. The quantitative estimate of drug-likeness (QED) is 0.163. The van der Waals surface area contributed by atoms with E-state index in [2.05, 4.69) is 13.1 Å². The van der Waals surface area contributed by atoms with Crippen LogP contribution < -0.4 is 5.56 Å². The number of H-pyrrole nitrogens is 1. The molecule has 0 saturated carbocycles. The van der Waals surface area contributed by atoms with Crippen LogP contribution in [0.5, 0.6) is 0 Å². The molecule has 31 heavy (non-hydrogen) atoms. The summed E-state index contributed by atoms with van der Waals surface area (Å²) < 4.78 is 64.3. The number of hydrogen-bond acceptors (Lipinski definition) is 11. The third-order valence-electron chi connectivity index (χ3n) is 3.75. The Morgan fingerprint density at radius 2 is 1.84 bits per heavy atom. The van der Waals surface area contributed by atoms with Gasteiger partial charge in [0.2, 0.25) is 5.82 Å². The second-order valence-electron chi connectivity index (χ2n) is 6.23. The lowest BCUT2D eigenvalue weighted by molar-refractivity contribution is -0.0981. The van der Waals surface area contributed by atoms with Crippen LogP contribution in [0, 0.1) is 10.6 Å². The highest BCUT2D eigenvalue weighted by Crippen LogP contribution is 2.66. The van der Waals surface area contributed by atoms with E-state index in [1.165, 1.54) is 0 Å². The van der Waals surface area contributed by atoms with Crippen molar-refractivity contribution in [1.82, 2.24) is 9.55 Å². The molecule has 0 aromatic carbocycles. The summed E-state index contributed by atoms with van der Waals surface area (Å²) in [7, 11) is -16.9. The fraction of sp³-hybridized carbons (Fsp3) is 0.600. The van der Waals surface area contributed by atoms with Gasteiger partial charge in [0, 0.05) is 0 Å². The number of hydrogen-bond donors (Lipinski definition) is 7. The number of ether oxygens (including phenoxy) is 1. The molecule has 178 valence electrons. The van der Waals surface area contributed by atoms with Crippen LogP contribution in [0.1, 0.15) is 13.2 Å². The number of aromatic nitrogens is 2. The lowest BCUT2D eigenvalue weighted by Gasteiger charge is -2.28. The molecule has 4 unspecified atom stereocenters. The van der Waals surface area contributed by atoms with Crippen LogP contribution in [0.25, 0.3) is 0 Å². The van der Waals surface area contributed by atoms with E-state index in [4.69, 9.17) is 31.6 Å². The first-order valence-corrected chi connectivity index (χ1v) is 12.6. The van der Waals surface area contributed by atoms with E-state index in [0.29, 0.717) is 6.20 Å². The molecule has 0 bridgehead atoms. The Bertz CT molecular complexity index is 1100. The Morgan fingerprint density at radius 3 is 2.39 bits per heavy atom. The number of nitrogens with zero attached hydrogens (tertiary/aromatic N) is 1. The van der Waals surface area contributed by atoms with E-state index < -0.39 is 70.3 Å². The number of nitrogens with one attached hydrogen (secondary N) is 1. The smallest absolute Gasteiger partial charge is 0.387 e. The minimum Gasteiger partial charge on any atom is -0.387 e. The molecule has 6 atom stereocenters. The van der Waals surface area contributed by atoms with Crippen molar-refractivity contribution in [3.8, 4) is 0 Å². The maximum absolute atomic E-state index is 13.6. The largest absolute Gasteiger partial charge is 0.490 e. The van der Waals surface area contributed by atoms with Crippen LogP contribution in [0.15, 0.2) is 11.0 Å². The van der Waals surface area contributed by atoms with Crippen molar-refractivity contribution in [2.24, 2.45) is 0 Å². The Balaban J connectivity index is 2.17. The van der Waals surface area contributed by atoms with Crippen LogP contribution in [0.4, 0.5) is 4.39 Å². The van der Waals surface area contributed by atoms with Crippen LogP contribution in [-0.2, 0) is 31.6 Å². The summed E-state index contributed by atoms with van der Waals surface area (Å²) in [5, 5.41) is 20.7. The van der Waals surface area contributed by atoms with E-state index >= 15 is 0 Å². The summed E-state index contributed by atoms with van der Waals surface area (Å²) >= 11 is 4.84. The van der Waals surface area contributed by atoms with Gasteiger partial charge in [0.1, 0.15) is 17.8 Å². The lowest BCUT2D eigenvalue weighted by Crippen LogP contribution is -2.44. The predicted octanol–water partition coefficient (Wildman–Crippen LogP) is -0.602. The topological polar surface area (TPSA) is 247 Å². The first-order chi connectivity index (χ1) is 13.8. The molecule has 0 amide bonds. The Kier molecular flexibility index (Phi) is 7.65. The highest BCUT2D eigenvalue weighted by molar-refractivity contribution is 7.71. The monoisotopic (exact) mass is 532 g/mol. The Hall–Kier alpha value is -0.680. The fourth-order valence-corrected chi connectivity index (χ4v) is 5.75. The van der Waals surface area contributed by atoms with E-state index in [1.807, 2.05) is 4.98 Å². The number of phosphoric ester groups is 1. The second kappa shape index (κ2) is 8.93. The molecule has 1 aliphatic heterocycles.